The Hall–Kier alpha value is -1.81. The standard InChI is InChI=1S/C15H20N2O2/c1-3-11(2)16-14(19)9-17-8-7-12-5-4-6-13(10-18)15(12)17/h4-8,11,18H,3,9-10H2,1-2H3,(H,16,19). The van der Waals surface area contributed by atoms with Crippen LogP contribution in [0, 0.1) is 0 Å². The van der Waals surface area contributed by atoms with Crippen LogP contribution in [0.4, 0.5) is 0 Å². The van der Waals surface area contributed by atoms with Crippen LogP contribution < -0.4 is 5.32 Å². The molecule has 2 rings (SSSR count). The average molecular weight is 260 g/mol. The van der Waals surface area contributed by atoms with Crippen LogP contribution in [0.3, 0.4) is 0 Å². The van der Waals surface area contributed by atoms with Gasteiger partial charge >= 0.3 is 0 Å². The van der Waals surface area contributed by atoms with Gasteiger partial charge in [-0.2, -0.15) is 0 Å². The second-order valence-electron chi connectivity index (χ2n) is 4.83. The minimum Gasteiger partial charge on any atom is -0.392 e. The van der Waals surface area contributed by atoms with Gasteiger partial charge in [-0.05, 0) is 24.8 Å². The van der Waals surface area contributed by atoms with Crippen molar-refractivity contribution in [1.82, 2.24) is 9.88 Å². The highest BCUT2D eigenvalue weighted by molar-refractivity contribution is 5.85. The summed E-state index contributed by atoms with van der Waals surface area (Å²) in [6.07, 6.45) is 2.81. The molecule has 2 aromatic rings. The van der Waals surface area contributed by atoms with Crippen molar-refractivity contribution in [2.45, 2.75) is 39.5 Å². The molecule has 0 spiro atoms. The van der Waals surface area contributed by atoms with Crippen LogP contribution in [0.15, 0.2) is 30.5 Å². The minimum absolute atomic E-state index is 0.000377. The fourth-order valence-corrected chi connectivity index (χ4v) is 2.18. The van der Waals surface area contributed by atoms with Crippen LogP contribution in [-0.4, -0.2) is 21.6 Å². The molecule has 1 aromatic carbocycles. The molecule has 0 fully saturated rings. The molecule has 1 aromatic heterocycles. The van der Waals surface area contributed by atoms with Crippen LogP contribution in [0.1, 0.15) is 25.8 Å². The maximum atomic E-state index is 11.9. The first-order valence-corrected chi connectivity index (χ1v) is 6.62. The number of aromatic nitrogens is 1. The fourth-order valence-electron chi connectivity index (χ4n) is 2.18. The van der Waals surface area contributed by atoms with E-state index < -0.39 is 0 Å². The SMILES string of the molecule is CCC(C)NC(=O)Cn1ccc2cccc(CO)c21. The molecule has 2 N–H and O–H groups in total. The Morgan fingerprint density at radius 1 is 1.42 bits per heavy atom. The van der Waals surface area contributed by atoms with Gasteiger partial charge in [0, 0.05) is 17.8 Å². The summed E-state index contributed by atoms with van der Waals surface area (Å²) in [5, 5.41) is 13.4. The molecule has 0 bridgehead atoms. The molecule has 0 aliphatic heterocycles. The maximum Gasteiger partial charge on any atom is 0.240 e. The normalized spacial score (nSPS) is 12.6. The van der Waals surface area contributed by atoms with Crippen molar-refractivity contribution in [2.75, 3.05) is 0 Å². The van der Waals surface area contributed by atoms with Gasteiger partial charge in [0.15, 0.2) is 0 Å². The van der Waals surface area contributed by atoms with E-state index >= 15 is 0 Å². The first kappa shape index (κ1) is 13.6. The number of fused-ring (bicyclic) bond motifs is 1. The van der Waals surface area contributed by atoms with E-state index in [1.807, 2.05) is 48.9 Å². The smallest absolute Gasteiger partial charge is 0.240 e. The van der Waals surface area contributed by atoms with Crippen LogP contribution in [0.5, 0.6) is 0 Å². The molecule has 1 heterocycles. The monoisotopic (exact) mass is 260 g/mol. The van der Waals surface area contributed by atoms with Crippen molar-refractivity contribution in [2.24, 2.45) is 0 Å². The minimum atomic E-state index is -0.0195. The van der Waals surface area contributed by atoms with Crippen LogP contribution in [0.25, 0.3) is 10.9 Å². The third-order valence-corrected chi connectivity index (χ3v) is 3.38. The molecular weight excluding hydrogens is 240 g/mol. The Morgan fingerprint density at radius 3 is 2.89 bits per heavy atom. The van der Waals surface area contributed by atoms with Crippen molar-refractivity contribution in [3.8, 4) is 0 Å². The number of nitrogens with zero attached hydrogens (tertiary/aromatic N) is 1. The van der Waals surface area contributed by atoms with Gasteiger partial charge in [-0.15, -0.1) is 0 Å². The molecule has 0 aliphatic carbocycles. The van der Waals surface area contributed by atoms with Crippen molar-refractivity contribution in [3.63, 3.8) is 0 Å². The van der Waals surface area contributed by atoms with Gasteiger partial charge in [-0.1, -0.05) is 25.1 Å². The molecule has 19 heavy (non-hydrogen) atoms. The Labute approximate surface area is 113 Å². The van der Waals surface area contributed by atoms with E-state index in [-0.39, 0.29) is 25.1 Å². The number of amides is 1. The first-order valence-electron chi connectivity index (χ1n) is 6.62. The van der Waals surface area contributed by atoms with Gasteiger partial charge in [0.25, 0.3) is 0 Å². The highest BCUT2D eigenvalue weighted by Crippen LogP contribution is 2.20. The largest absolute Gasteiger partial charge is 0.392 e. The second-order valence-corrected chi connectivity index (χ2v) is 4.83. The summed E-state index contributed by atoms with van der Waals surface area (Å²) in [6, 6.07) is 7.93. The lowest BCUT2D eigenvalue weighted by Crippen LogP contribution is -2.34. The van der Waals surface area contributed by atoms with E-state index in [0.29, 0.717) is 0 Å². The number of nitrogens with one attached hydrogen (secondary N) is 1. The van der Waals surface area contributed by atoms with Gasteiger partial charge < -0.3 is 15.0 Å². The zero-order valence-corrected chi connectivity index (χ0v) is 11.4. The van der Waals surface area contributed by atoms with Crippen molar-refractivity contribution < 1.29 is 9.90 Å². The number of aliphatic hydroxyl groups is 1. The number of aliphatic hydroxyl groups excluding tert-OH is 1. The lowest BCUT2D eigenvalue weighted by Gasteiger charge is -2.13. The van der Waals surface area contributed by atoms with E-state index in [1.54, 1.807) is 0 Å². The molecule has 1 atom stereocenters. The van der Waals surface area contributed by atoms with Crippen LogP contribution >= 0.6 is 0 Å². The third kappa shape index (κ3) is 2.96. The molecule has 0 saturated carbocycles. The molecule has 0 saturated heterocycles. The van der Waals surface area contributed by atoms with Gasteiger partial charge in [-0.25, -0.2) is 0 Å². The molecule has 4 nitrogen and oxygen atoms in total. The molecule has 1 amide bonds. The number of carbonyl (C=O) groups is 1. The number of hydrogen-bond acceptors (Lipinski definition) is 2. The summed E-state index contributed by atoms with van der Waals surface area (Å²) >= 11 is 0. The summed E-state index contributed by atoms with van der Waals surface area (Å²) in [5.74, 6) is -0.000377. The second kappa shape index (κ2) is 5.89. The summed E-state index contributed by atoms with van der Waals surface area (Å²) in [4.78, 5) is 11.9. The molecule has 1 unspecified atom stereocenters. The van der Waals surface area contributed by atoms with E-state index in [0.717, 1.165) is 22.9 Å². The van der Waals surface area contributed by atoms with Crippen molar-refractivity contribution in [1.29, 1.82) is 0 Å². The lowest BCUT2D eigenvalue weighted by molar-refractivity contribution is -0.122. The maximum absolute atomic E-state index is 11.9. The lowest BCUT2D eigenvalue weighted by atomic mass is 10.1. The van der Waals surface area contributed by atoms with Gasteiger partial charge in [0.2, 0.25) is 5.91 Å². The van der Waals surface area contributed by atoms with Crippen molar-refractivity contribution in [3.05, 3.63) is 36.0 Å². The summed E-state index contributed by atoms with van der Waals surface area (Å²) in [5.41, 5.74) is 1.78. The molecule has 0 aliphatic rings. The fraction of sp³-hybridized carbons (Fsp3) is 0.400. The third-order valence-electron chi connectivity index (χ3n) is 3.38. The molecule has 0 radical (unpaired) electrons. The zero-order chi connectivity index (χ0) is 13.8. The average Bonchev–Trinajstić information content (AvgIpc) is 2.81. The first-order chi connectivity index (χ1) is 9.15. The predicted molar refractivity (Wildman–Crippen MR) is 75.8 cm³/mol. The number of hydrogen-bond donors (Lipinski definition) is 2. The molecule has 102 valence electrons. The van der Waals surface area contributed by atoms with E-state index in [2.05, 4.69) is 5.32 Å². The van der Waals surface area contributed by atoms with Gasteiger partial charge in [0.1, 0.15) is 6.54 Å². The zero-order valence-electron chi connectivity index (χ0n) is 11.4. The van der Waals surface area contributed by atoms with Crippen LogP contribution in [-0.2, 0) is 17.9 Å². The molecular formula is C15H20N2O2. The Balaban J connectivity index is 2.23. The Bertz CT molecular complexity index is 575. The van der Waals surface area contributed by atoms with Crippen LogP contribution in [0.2, 0.25) is 0 Å². The summed E-state index contributed by atoms with van der Waals surface area (Å²) in [7, 11) is 0. The summed E-state index contributed by atoms with van der Waals surface area (Å²) < 4.78 is 1.89. The number of benzene rings is 1. The number of para-hydroxylation sites is 1. The Kier molecular flexibility index (Phi) is 4.22. The number of carbonyl (C=O) groups excluding carboxylic acids is 1. The van der Waals surface area contributed by atoms with Gasteiger partial charge in [0.05, 0.1) is 12.1 Å². The molecule has 4 heteroatoms. The quantitative estimate of drug-likeness (QED) is 0.864. The van der Waals surface area contributed by atoms with E-state index in [9.17, 15) is 9.90 Å². The predicted octanol–water partition coefficient (Wildman–Crippen LogP) is 2.05. The van der Waals surface area contributed by atoms with E-state index in [1.165, 1.54) is 0 Å². The highest BCUT2D eigenvalue weighted by Gasteiger charge is 2.10. The Morgan fingerprint density at radius 2 is 2.21 bits per heavy atom. The topological polar surface area (TPSA) is 54.3 Å². The van der Waals surface area contributed by atoms with Gasteiger partial charge in [-0.3, -0.25) is 4.79 Å². The number of rotatable bonds is 5. The van der Waals surface area contributed by atoms with E-state index in [4.69, 9.17) is 0 Å². The van der Waals surface area contributed by atoms with Crippen molar-refractivity contribution >= 4 is 16.8 Å². The summed E-state index contributed by atoms with van der Waals surface area (Å²) in [6.45, 7) is 4.30. The highest BCUT2D eigenvalue weighted by atomic mass is 16.3.